The predicted molar refractivity (Wildman–Crippen MR) is 79.0 cm³/mol. The molecule has 2 aliphatic heterocycles. The number of amides is 2. The van der Waals surface area contributed by atoms with Gasteiger partial charge in [-0.1, -0.05) is 28.1 Å². The van der Waals surface area contributed by atoms with Gasteiger partial charge in [0.25, 0.3) is 0 Å². The fourth-order valence-electron chi connectivity index (χ4n) is 2.95. The van der Waals surface area contributed by atoms with Gasteiger partial charge >= 0.3 is 0 Å². The lowest BCUT2D eigenvalue weighted by Gasteiger charge is -2.33. The van der Waals surface area contributed by atoms with Crippen LogP contribution in [0.2, 0.25) is 0 Å². The predicted octanol–water partition coefficient (Wildman–Crippen LogP) is 1.86. The van der Waals surface area contributed by atoms with Crippen molar-refractivity contribution in [3.8, 4) is 0 Å². The van der Waals surface area contributed by atoms with Gasteiger partial charge in [-0.3, -0.25) is 9.59 Å². The Morgan fingerprint density at radius 3 is 2.95 bits per heavy atom. The van der Waals surface area contributed by atoms with E-state index in [4.69, 9.17) is 0 Å². The molecule has 4 nitrogen and oxygen atoms in total. The molecule has 0 saturated carbocycles. The molecule has 2 heterocycles. The lowest BCUT2D eigenvalue weighted by Crippen LogP contribution is -2.46. The van der Waals surface area contributed by atoms with Crippen LogP contribution >= 0.6 is 15.9 Å². The average molecular weight is 337 g/mol. The molecule has 0 spiro atoms. The number of piperidine rings is 1. The van der Waals surface area contributed by atoms with Gasteiger partial charge in [0.2, 0.25) is 11.8 Å². The molecule has 1 atom stereocenters. The van der Waals surface area contributed by atoms with Crippen LogP contribution in [0.25, 0.3) is 0 Å². The zero-order valence-electron chi connectivity index (χ0n) is 11.2. The van der Waals surface area contributed by atoms with Crippen molar-refractivity contribution in [2.75, 3.05) is 13.1 Å². The van der Waals surface area contributed by atoms with E-state index >= 15 is 0 Å². The normalized spacial score (nSPS) is 22.1. The summed E-state index contributed by atoms with van der Waals surface area (Å²) in [4.78, 5) is 25.6. The molecule has 0 radical (unpaired) electrons. The number of nitrogens with zero attached hydrogens (tertiary/aromatic N) is 1. The van der Waals surface area contributed by atoms with E-state index in [0.717, 1.165) is 17.4 Å². The molecule has 0 aliphatic carbocycles. The van der Waals surface area contributed by atoms with Gasteiger partial charge in [0, 0.05) is 30.5 Å². The van der Waals surface area contributed by atoms with Crippen molar-refractivity contribution >= 4 is 27.7 Å². The number of nitrogens with one attached hydrogen (secondary N) is 1. The Balaban J connectivity index is 1.70. The Labute approximate surface area is 126 Å². The maximum Gasteiger partial charge on any atom is 0.227 e. The van der Waals surface area contributed by atoms with Crippen molar-refractivity contribution in [1.82, 2.24) is 10.2 Å². The van der Waals surface area contributed by atoms with Gasteiger partial charge in [-0.25, -0.2) is 0 Å². The molecular weight excluding hydrogens is 320 g/mol. The number of hydrogen-bond acceptors (Lipinski definition) is 2. The van der Waals surface area contributed by atoms with Gasteiger partial charge in [0.1, 0.15) is 0 Å². The monoisotopic (exact) mass is 336 g/mol. The van der Waals surface area contributed by atoms with E-state index in [1.807, 2.05) is 17.0 Å². The molecule has 1 N–H and O–H groups in total. The Morgan fingerprint density at radius 1 is 1.35 bits per heavy atom. The quantitative estimate of drug-likeness (QED) is 0.850. The van der Waals surface area contributed by atoms with Crippen molar-refractivity contribution in [2.24, 2.45) is 5.92 Å². The van der Waals surface area contributed by atoms with Crippen LogP contribution in [0, 0.1) is 5.92 Å². The number of carbonyl (C=O) groups is 2. The van der Waals surface area contributed by atoms with Crippen LogP contribution in [0.1, 0.15) is 24.0 Å². The topological polar surface area (TPSA) is 49.4 Å². The van der Waals surface area contributed by atoms with Gasteiger partial charge in [-0.15, -0.1) is 0 Å². The summed E-state index contributed by atoms with van der Waals surface area (Å²) < 4.78 is 1.13. The highest BCUT2D eigenvalue weighted by atomic mass is 79.9. The number of rotatable bonds is 1. The second-order valence-electron chi connectivity index (χ2n) is 5.43. The molecule has 1 saturated heterocycles. The molecule has 0 bridgehead atoms. The molecule has 1 aromatic carbocycles. The third-order valence-electron chi connectivity index (χ3n) is 4.14. The zero-order chi connectivity index (χ0) is 14.1. The number of benzene rings is 1. The standard InChI is InChI=1S/C15H17BrN2O2/c16-13-3-1-2-11-9-18(7-6-12(11)13)15(20)10-4-5-14(19)17-8-10/h1-3,10H,4-9H2,(H,17,19)/t10-/m1/s1. The van der Waals surface area contributed by atoms with Crippen molar-refractivity contribution < 1.29 is 9.59 Å². The fourth-order valence-corrected chi connectivity index (χ4v) is 3.56. The maximum absolute atomic E-state index is 12.5. The van der Waals surface area contributed by atoms with E-state index in [-0.39, 0.29) is 17.7 Å². The van der Waals surface area contributed by atoms with Crippen molar-refractivity contribution in [2.45, 2.75) is 25.8 Å². The first-order chi connectivity index (χ1) is 9.65. The van der Waals surface area contributed by atoms with Crippen LogP contribution in [0.3, 0.4) is 0 Å². The Morgan fingerprint density at radius 2 is 2.20 bits per heavy atom. The Hall–Kier alpha value is -1.36. The lowest BCUT2D eigenvalue weighted by atomic mass is 9.94. The SMILES string of the molecule is O=C1CC[C@@H](C(=O)N2CCc3c(Br)cccc3C2)CN1. The molecule has 3 rings (SSSR count). The maximum atomic E-state index is 12.5. The summed E-state index contributed by atoms with van der Waals surface area (Å²) in [5.74, 6) is 0.180. The van der Waals surface area contributed by atoms with E-state index < -0.39 is 0 Å². The molecule has 2 aliphatic rings. The van der Waals surface area contributed by atoms with Crippen LogP contribution in [0.4, 0.5) is 0 Å². The highest BCUT2D eigenvalue weighted by Crippen LogP contribution is 2.27. The second kappa shape index (κ2) is 5.56. The first-order valence-corrected chi connectivity index (χ1v) is 7.76. The van der Waals surface area contributed by atoms with Crippen LogP contribution in [0.15, 0.2) is 22.7 Å². The van der Waals surface area contributed by atoms with E-state index in [1.54, 1.807) is 0 Å². The van der Waals surface area contributed by atoms with Crippen molar-refractivity contribution in [3.05, 3.63) is 33.8 Å². The Bertz CT molecular complexity index is 549. The summed E-state index contributed by atoms with van der Waals surface area (Å²) in [6.07, 6.45) is 2.03. The summed E-state index contributed by atoms with van der Waals surface area (Å²) in [6.45, 7) is 1.93. The second-order valence-corrected chi connectivity index (χ2v) is 6.28. The third-order valence-corrected chi connectivity index (χ3v) is 4.88. The van der Waals surface area contributed by atoms with E-state index in [0.29, 0.717) is 25.9 Å². The summed E-state index contributed by atoms with van der Waals surface area (Å²) in [6, 6.07) is 6.15. The highest BCUT2D eigenvalue weighted by molar-refractivity contribution is 9.10. The van der Waals surface area contributed by atoms with Gasteiger partial charge in [0.05, 0.1) is 5.92 Å². The number of halogens is 1. The molecular formula is C15H17BrN2O2. The van der Waals surface area contributed by atoms with E-state index in [2.05, 4.69) is 27.3 Å². The van der Waals surface area contributed by atoms with Crippen LogP contribution < -0.4 is 5.32 Å². The largest absolute Gasteiger partial charge is 0.355 e. The first-order valence-electron chi connectivity index (χ1n) is 6.97. The summed E-state index contributed by atoms with van der Waals surface area (Å²) in [5, 5.41) is 2.79. The minimum absolute atomic E-state index is 0.0543. The molecule has 5 heteroatoms. The molecule has 2 amide bonds. The van der Waals surface area contributed by atoms with Crippen molar-refractivity contribution in [1.29, 1.82) is 0 Å². The summed E-state index contributed by atoms with van der Waals surface area (Å²) in [7, 11) is 0. The molecule has 106 valence electrons. The van der Waals surface area contributed by atoms with Gasteiger partial charge in [-0.05, 0) is 30.0 Å². The smallest absolute Gasteiger partial charge is 0.227 e. The molecule has 0 aromatic heterocycles. The van der Waals surface area contributed by atoms with E-state index in [9.17, 15) is 9.59 Å². The van der Waals surface area contributed by atoms with E-state index in [1.165, 1.54) is 11.1 Å². The summed E-state index contributed by atoms with van der Waals surface area (Å²) in [5.41, 5.74) is 2.53. The number of carbonyl (C=O) groups excluding carboxylic acids is 2. The van der Waals surface area contributed by atoms with Gasteiger partial charge in [-0.2, -0.15) is 0 Å². The third kappa shape index (κ3) is 2.59. The molecule has 20 heavy (non-hydrogen) atoms. The number of hydrogen-bond donors (Lipinski definition) is 1. The fraction of sp³-hybridized carbons (Fsp3) is 0.467. The van der Waals surface area contributed by atoms with Gasteiger partial charge in [0.15, 0.2) is 0 Å². The summed E-state index contributed by atoms with van der Waals surface area (Å²) >= 11 is 3.57. The Kier molecular flexibility index (Phi) is 3.78. The lowest BCUT2D eigenvalue weighted by molar-refractivity contribution is -0.138. The minimum Gasteiger partial charge on any atom is -0.355 e. The van der Waals surface area contributed by atoms with Crippen molar-refractivity contribution in [3.63, 3.8) is 0 Å². The van der Waals surface area contributed by atoms with Crippen LogP contribution in [0.5, 0.6) is 0 Å². The number of fused-ring (bicyclic) bond motifs is 1. The van der Waals surface area contributed by atoms with Gasteiger partial charge < -0.3 is 10.2 Å². The van der Waals surface area contributed by atoms with Crippen LogP contribution in [-0.2, 0) is 22.6 Å². The zero-order valence-corrected chi connectivity index (χ0v) is 12.8. The molecule has 1 fully saturated rings. The molecule has 0 unspecified atom stereocenters. The average Bonchev–Trinajstić information content (AvgIpc) is 2.47. The van der Waals surface area contributed by atoms with Crippen LogP contribution in [-0.4, -0.2) is 29.8 Å². The first kappa shape index (κ1) is 13.6. The molecule has 1 aromatic rings. The minimum atomic E-state index is -0.0543. The highest BCUT2D eigenvalue weighted by Gasteiger charge is 2.30.